The SMILES string of the molecule is O=C1CN(CCc2ccccc2F)[C@@H]2CS(=O)(=O)C[C@H]2N1c1cccc(Cl)c1. The summed E-state index contributed by atoms with van der Waals surface area (Å²) in [6.45, 7) is 0.518. The Kier molecular flexibility index (Phi) is 5.16. The van der Waals surface area contributed by atoms with Crippen LogP contribution < -0.4 is 4.90 Å². The van der Waals surface area contributed by atoms with Crippen molar-refractivity contribution >= 4 is 33.0 Å². The number of nitrogens with zero attached hydrogens (tertiary/aromatic N) is 2. The molecule has 0 aromatic heterocycles. The Hall–Kier alpha value is -1.96. The van der Waals surface area contributed by atoms with E-state index in [-0.39, 0.29) is 35.8 Å². The monoisotopic (exact) mass is 422 g/mol. The summed E-state index contributed by atoms with van der Waals surface area (Å²) in [5.41, 5.74) is 1.17. The van der Waals surface area contributed by atoms with Crippen molar-refractivity contribution in [3.05, 3.63) is 64.9 Å². The fraction of sp³-hybridized carbons (Fsp3) is 0.350. The topological polar surface area (TPSA) is 57.7 Å². The maximum absolute atomic E-state index is 13.9. The van der Waals surface area contributed by atoms with Crippen LogP contribution >= 0.6 is 11.6 Å². The highest BCUT2D eigenvalue weighted by Gasteiger charge is 2.49. The molecule has 0 saturated carbocycles. The molecule has 4 rings (SSSR count). The highest BCUT2D eigenvalue weighted by molar-refractivity contribution is 7.91. The van der Waals surface area contributed by atoms with Crippen molar-refractivity contribution in [2.24, 2.45) is 0 Å². The summed E-state index contributed by atoms with van der Waals surface area (Å²) in [4.78, 5) is 16.4. The lowest BCUT2D eigenvalue weighted by molar-refractivity contribution is -0.123. The molecule has 1 amide bonds. The lowest BCUT2D eigenvalue weighted by Gasteiger charge is -2.43. The molecule has 2 aromatic rings. The van der Waals surface area contributed by atoms with Gasteiger partial charge in [0.25, 0.3) is 0 Å². The van der Waals surface area contributed by atoms with Crippen molar-refractivity contribution in [3.63, 3.8) is 0 Å². The minimum atomic E-state index is -3.27. The normalized spacial score (nSPS) is 24.4. The second kappa shape index (κ2) is 7.46. The van der Waals surface area contributed by atoms with E-state index in [1.807, 2.05) is 4.90 Å². The average Bonchev–Trinajstić information content (AvgIpc) is 2.95. The third-order valence-electron chi connectivity index (χ3n) is 5.41. The number of rotatable bonds is 4. The van der Waals surface area contributed by atoms with Gasteiger partial charge in [-0.3, -0.25) is 9.69 Å². The van der Waals surface area contributed by atoms with Crippen LogP contribution in [0.3, 0.4) is 0 Å². The molecule has 2 saturated heterocycles. The van der Waals surface area contributed by atoms with Gasteiger partial charge in [-0.15, -0.1) is 0 Å². The van der Waals surface area contributed by atoms with Crippen LogP contribution in [0.15, 0.2) is 48.5 Å². The number of halogens is 2. The van der Waals surface area contributed by atoms with E-state index >= 15 is 0 Å². The second-order valence-corrected chi connectivity index (χ2v) is 9.86. The zero-order valence-corrected chi connectivity index (χ0v) is 16.7. The first kappa shape index (κ1) is 19.4. The fourth-order valence-electron chi connectivity index (χ4n) is 4.13. The van der Waals surface area contributed by atoms with E-state index in [1.54, 1.807) is 47.4 Å². The third kappa shape index (κ3) is 3.79. The van der Waals surface area contributed by atoms with Crippen molar-refractivity contribution in [2.75, 3.05) is 29.5 Å². The Balaban J connectivity index is 1.60. The zero-order chi connectivity index (χ0) is 19.9. The van der Waals surface area contributed by atoms with Gasteiger partial charge in [-0.1, -0.05) is 35.9 Å². The summed E-state index contributed by atoms with van der Waals surface area (Å²) in [6, 6.07) is 12.6. The Morgan fingerprint density at radius 2 is 1.82 bits per heavy atom. The van der Waals surface area contributed by atoms with Crippen molar-refractivity contribution in [2.45, 2.75) is 18.5 Å². The first-order valence-electron chi connectivity index (χ1n) is 9.09. The molecule has 5 nitrogen and oxygen atoms in total. The number of sulfone groups is 1. The number of anilines is 1. The highest BCUT2D eigenvalue weighted by atomic mass is 35.5. The van der Waals surface area contributed by atoms with E-state index in [9.17, 15) is 17.6 Å². The van der Waals surface area contributed by atoms with Gasteiger partial charge in [0.15, 0.2) is 9.84 Å². The summed E-state index contributed by atoms with van der Waals surface area (Å²) in [7, 11) is -3.27. The van der Waals surface area contributed by atoms with Crippen molar-refractivity contribution < 1.29 is 17.6 Å². The van der Waals surface area contributed by atoms with E-state index in [0.717, 1.165) is 0 Å². The number of piperazine rings is 1. The molecule has 2 aromatic carbocycles. The molecule has 8 heteroatoms. The smallest absolute Gasteiger partial charge is 0.241 e. The van der Waals surface area contributed by atoms with Gasteiger partial charge < -0.3 is 4.90 Å². The van der Waals surface area contributed by atoms with Gasteiger partial charge in [0.2, 0.25) is 5.91 Å². The fourth-order valence-corrected chi connectivity index (χ4v) is 6.30. The molecule has 28 heavy (non-hydrogen) atoms. The maximum atomic E-state index is 13.9. The molecule has 0 aliphatic carbocycles. The van der Waals surface area contributed by atoms with Crippen molar-refractivity contribution in [3.8, 4) is 0 Å². The first-order valence-corrected chi connectivity index (χ1v) is 11.3. The van der Waals surface area contributed by atoms with Crippen molar-refractivity contribution in [1.82, 2.24) is 4.90 Å². The molecular formula is C20H20ClFN2O3S. The summed E-state index contributed by atoms with van der Waals surface area (Å²) < 4.78 is 38.7. The molecule has 2 aliphatic rings. The number of benzene rings is 2. The number of hydrogen-bond acceptors (Lipinski definition) is 4. The molecule has 2 heterocycles. The number of carbonyl (C=O) groups is 1. The lowest BCUT2D eigenvalue weighted by Crippen LogP contribution is -2.62. The summed E-state index contributed by atoms with van der Waals surface area (Å²) >= 11 is 6.07. The molecule has 2 atom stereocenters. The van der Waals surface area contributed by atoms with E-state index in [1.165, 1.54) is 6.07 Å². The van der Waals surface area contributed by atoms with Crippen LogP contribution in [0.1, 0.15) is 5.56 Å². The van der Waals surface area contributed by atoms with Gasteiger partial charge >= 0.3 is 0 Å². The number of carbonyl (C=O) groups excluding carboxylic acids is 1. The Morgan fingerprint density at radius 1 is 1.07 bits per heavy atom. The predicted octanol–water partition coefficient (Wildman–Crippen LogP) is 2.54. The maximum Gasteiger partial charge on any atom is 0.241 e. The minimum absolute atomic E-state index is 0.000710. The standard InChI is InChI=1S/C20H20ClFN2O3S/c21-15-5-3-6-16(10-15)24-19-13-28(26,27)12-18(19)23(11-20(24)25)9-8-14-4-1-2-7-17(14)22/h1-7,10,18-19H,8-9,11-13H2/t18-,19-/m1/s1. The molecule has 2 aliphatic heterocycles. The lowest BCUT2D eigenvalue weighted by atomic mass is 10.0. The second-order valence-electron chi connectivity index (χ2n) is 7.27. The molecule has 2 fully saturated rings. The number of fused-ring (bicyclic) bond motifs is 1. The van der Waals surface area contributed by atoms with Gasteiger partial charge in [0.1, 0.15) is 5.82 Å². The van der Waals surface area contributed by atoms with Crippen LogP contribution in [-0.4, -0.2) is 55.9 Å². The summed E-state index contributed by atoms with van der Waals surface area (Å²) in [5, 5.41) is 0.490. The molecule has 0 bridgehead atoms. The Labute approximate surface area is 168 Å². The quantitative estimate of drug-likeness (QED) is 0.759. The molecule has 148 valence electrons. The predicted molar refractivity (Wildman–Crippen MR) is 107 cm³/mol. The average molecular weight is 423 g/mol. The van der Waals surface area contributed by atoms with Crippen LogP contribution in [0.2, 0.25) is 5.02 Å². The molecular weight excluding hydrogens is 403 g/mol. The van der Waals surface area contributed by atoms with E-state index < -0.39 is 15.9 Å². The molecule has 0 unspecified atom stereocenters. The van der Waals surface area contributed by atoms with Crippen LogP contribution in [0.25, 0.3) is 0 Å². The van der Waals surface area contributed by atoms with Crippen LogP contribution in [-0.2, 0) is 21.1 Å². The van der Waals surface area contributed by atoms with Gasteiger partial charge in [0, 0.05) is 23.3 Å². The van der Waals surface area contributed by atoms with Gasteiger partial charge in [0.05, 0.1) is 24.1 Å². The third-order valence-corrected chi connectivity index (χ3v) is 7.35. The van der Waals surface area contributed by atoms with E-state index in [4.69, 9.17) is 11.6 Å². The van der Waals surface area contributed by atoms with Crippen LogP contribution in [0.4, 0.5) is 10.1 Å². The van der Waals surface area contributed by atoms with E-state index in [0.29, 0.717) is 29.2 Å². The molecule has 0 N–H and O–H groups in total. The Morgan fingerprint density at radius 3 is 2.57 bits per heavy atom. The zero-order valence-electron chi connectivity index (χ0n) is 15.1. The number of hydrogen-bond donors (Lipinski definition) is 0. The van der Waals surface area contributed by atoms with Crippen LogP contribution in [0, 0.1) is 5.82 Å². The summed E-state index contributed by atoms with van der Waals surface area (Å²) in [6.07, 6.45) is 0.417. The highest BCUT2D eigenvalue weighted by Crippen LogP contribution is 2.32. The molecule has 0 radical (unpaired) electrons. The molecule has 0 spiro atoms. The minimum Gasteiger partial charge on any atom is -0.306 e. The Bertz CT molecular complexity index is 1010. The van der Waals surface area contributed by atoms with Gasteiger partial charge in [-0.2, -0.15) is 0 Å². The van der Waals surface area contributed by atoms with Crippen molar-refractivity contribution in [1.29, 1.82) is 0 Å². The van der Waals surface area contributed by atoms with Gasteiger partial charge in [-0.25, -0.2) is 12.8 Å². The van der Waals surface area contributed by atoms with Crippen LogP contribution in [0.5, 0.6) is 0 Å². The first-order chi connectivity index (χ1) is 13.3. The number of amides is 1. The summed E-state index contributed by atoms with van der Waals surface area (Å²) in [5.74, 6) is -0.540. The van der Waals surface area contributed by atoms with Gasteiger partial charge in [-0.05, 0) is 36.2 Å². The van der Waals surface area contributed by atoms with E-state index in [2.05, 4.69) is 0 Å². The largest absolute Gasteiger partial charge is 0.306 e.